The van der Waals surface area contributed by atoms with Crippen molar-refractivity contribution >= 4 is 61.2 Å². The minimum atomic E-state index is -0.559. The molecule has 0 aliphatic heterocycles. The molecule has 0 fully saturated rings. The van der Waals surface area contributed by atoms with E-state index in [0.29, 0.717) is 26.0 Å². The fourth-order valence-electron chi connectivity index (χ4n) is 3.18. The Morgan fingerprint density at radius 1 is 1.16 bits per heavy atom. The van der Waals surface area contributed by atoms with E-state index >= 15 is 0 Å². The first-order chi connectivity index (χ1) is 14.9. The molecule has 158 valence electrons. The number of fused-ring (bicyclic) bond motifs is 1. The standard InChI is InChI=1S/C23H17ClFNO3S2/c1-3-29-23(28)18-16(13-5-7-14(25)8-6-13)11-30-22(18)26-21(27)20-19(24)15-9-4-12(2)10-17(15)31-20/h4-11H,3H2,1-2H3,(H,26,27). The molecule has 2 aromatic carbocycles. The molecule has 0 atom stereocenters. The Hall–Kier alpha value is -2.74. The number of amides is 1. The van der Waals surface area contributed by atoms with Crippen molar-refractivity contribution in [2.45, 2.75) is 13.8 Å². The predicted molar refractivity (Wildman–Crippen MR) is 125 cm³/mol. The van der Waals surface area contributed by atoms with Crippen LogP contribution in [0.15, 0.2) is 47.8 Å². The van der Waals surface area contributed by atoms with Crippen molar-refractivity contribution in [3.63, 3.8) is 0 Å². The van der Waals surface area contributed by atoms with E-state index in [2.05, 4.69) is 5.32 Å². The third-order valence-electron chi connectivity index (χ3n) is 4.64. The highest BCUT2D eigenvalue weighted by atomic mass is 35.5. The van der Waals surface area contributed by atoms with Crippen LogP contribution in [0, 0.1) is 12.7 Å². The molecule has 1 amide bonds. The minimum Gasteiger partial charge on any atom is -0.462 e. The molecule has 8 heteroatoms. The van der Waals surface area contributed by atoms with Gasteiger partial charge in [-0.15, -0.1) is 22.7 Å². The summed E-state index contributed by atoms with van der Waals surface area (Å²) < 4.78 is 19.5. The molecule has 0 spiro atoms. The molecule has 4 nitrogen and oxygen atoms in total. The van der Waals surface area contributed by atoms with Crippen molar-refractivity contribution in [3.05, 3.63) is 74.7 Å². The number of hydrogen-bond acceptors (Lipinski definition) is 5. The normalized spacial score (nSPS) is 11.0. The maximum absolute atomic E-state index is 13.3. The van der Waals surface area contributed by atoms with Crippen molar-refractivity contribution in [3.8, 4) is 11.1 Å². The molecule has 1 N–H and O–H groups in total. The largest absolute Gasteiger partial charge is 0.462 e. The predicted octanol–water partition coefficient (Wildman–Crippen LogP) is 7.16. The number of aryl methyl sites for hydroxylation is 1. The fourth-order valence-corrected chi connectivity index (χ4v) is 5.64. The molecule has 0 aliphatic rings. The average Bonchev–Trinajstić information content (AvgIpc) is 3.29. The van der Waals surface area contributed by atoms with Gasteiger partial charge in [-0.2, -0.15) is 0 Å². The van der Waals surface area contributed by atoms with Crippen LogP contribution in [0.3, 0.4) is 0 Å². The summed E-state index contributed by atoms with van der Waals surface area (Å²) >= 11 is 8.96. The van der Waals surface area contributed by atoms with E-state index in [0.717, 1.165) is 15.6 Å². The van der Waals surface area contributed by atoms with Gasteiger partial charge in [0.25, 0.3) is 5.91 Å². The van der Waals surface area contributed by atoms with Gasteiger partial charge in [0, 0.05) is 21.0 Å². The molecule has 2 heterocycles. The summed E-state index contributed by atoms with van der Waals surface area (Å²) in [6.45, 7) is 3.87. The molecule has 0 radical (unpaired) electrons. The number of carbonyl (C=O) groups excluding carboxylic acids is 2. The van der Waals surface area contributed by atoms with E-state index in [9.17, 15) is 14.0 Å². The Bertz CT molecular complexity index is 1290. The Kier molecular flexibility index (Phi) is 6.09. The Morgan fingerprint density at radius 3 is 2.61 bits per heavy atom. The van der Waals surface area contributed by atoms with E-state index in [-0.39, 0.29) is 18.0 Å². The van der Waals surface area contributed by atoms with Gasteiger partial charge in [-0.05, 0) is 43.2 Å². The smallest absolute Gasteiger partial charge is 0.341 e. The van der Waals surface area contributed by atoms with Crippen LogP contribution >= 0.6 is 34.3 Å². The second-order valence-corrected chi connectivity index (χ2v) is 9.09. The molecule has 31 heavy (non-hydrogen) atoms. The molecular weight excluding hydrogens is 457 g/mol. The zero-order valence-corrected chi connectivity index (χ0v) is 19.0. The summed E-state index contributed by atoms with van der Waals surface area (Å²) in [5.41, 5.74) is 2.53. The number of benzene rings is 2. The summed E-state index contributed by atoms with van der Waals surface area (Å²) in [6, 6.07) is 11.6. The van der Waals surface area contributed by atoms with Gasteiger partial charge in [-0.1, -0.05) is 35.9 Å². The van der Waals surface area contributed by atoms with Crippen LogP contribution in [0.5, 0.6) is 0 Å². The van der Waals surface area contributed by atoms with Crippen molar-refractivity contribution in [1.82, 2.24) is 0 Å². The fraction of sp³-hybridized carbons (Fsp3) is 0.130. The zero-order valence-electron chi connectivity index (χ0n) is 16.6. The van der Waals surface area contributed by atoms with Crippen LogP contribution < -0.4 is 5.32 Å². The number of ether oxygens (including phenoxy) is 1. The summed E-state index contributed by atoms with van der Waals surface area (Å²) in [4.78, 5) is 26.1. The molecule has 4 aromatic rings. The van der Waals surface area contributed by atoms with Gasteiger partial charge in [0.15, 0.2) is 0 Å². The van der Waals surface area contributed by atoms with Crippen molar-refractivity contribution < 1.29 is 18.7 Å². The van der Waals surface area contributed by atoms with Gasteiger partial charge in [-0.3, -0.25) is 4.79 Å². The molecular formula is C23H17ClFNO3S2. The molecule has 0 saturated carbocycles. The number of carbonyl (C=O) groups is 2. The second-order valence-electron chi connectivity index (χ2n) is 6.78. The van der Waals surface area contributed by atoms with Gasteiger partial charge in [0.1, 0.15) is 21.3 Å². The Balaban J connectivity index is 1.72. The van der Waals surface area contributed by atoms with E-state index in [1.165, 1.54) is 34.8 Å². The van der Waals surface area contributed by atoms with Gasteiger partial charge < -0.3 is 10.1 Å². The lowest BCUT2D eigenvalue weighted by Gasteiger charge is -2.08. The maximum atomic E-state index is 13.3. The van der Waals surface area contributed by atoms with Crippen molar-refractivity contribution in [1.29, 1.82) is 0 Å². The highest BCUT2D eigenvalue weighted by Crippen LogP contribution is 2.39. The first-order valence-electron chi connectivity index (χ1n) is 9.43. The lowest BCUT2D eigenvalue weighted by Crippen LogP contribution is -2.14. The third kappa shape index (κ3) is 4.21. The van der Waals surface area contributed by atoms with Crippen LogP contribution in [0.1, 0.15) is 32.5 Å². The summed E-state index contributed by atoms with van der Waals surface area (Å²) in [5.74, 6) is -1.34. The molecule has 0 aliphatic carbocycles. The summed E-state index contributed by atoms with van der Waals surface area (Å²) in [6.07, 6.45) is 0. The minimum absolute atomic E-state index is 0.187. The molecule has 2 aromatic heterocycles. The van der Waals surface area contributed by atoms with Crippen LogP contribution in [0.4, 0.5) is 9.39 Å². The maximum Gasteiger partial charge on any atom is 0.341 e. The van der Waals surface area contributed by atoms with Gasteiger partial charge in [-0.25, -0.2) is 9.18 Å². The number of anilines is 1. The quantitative estimate of drug-likeness (QED) is 0.313. The number of halogens is 2. The molecule has 0 saturated heterocycles. The van der Waals surface area contributed by atoms with E-state index in [1.54, 1.807) is 24.4 Å². The van der Waals surface area contributed by atoms with Crippen LogP contribution in [-0.2, 0) is 4.74 Å². The lowest BCUT2D eigenvalue weighted by molar-refractivity contribution is 0.0529. The lowest BCUT2D eigenvalue weighted by atomic mass is 10.0. The van der Waals surface area contributed by atoms with E-state index < -0.39 is 11.9 Å². The Morgan fingerprint density at radius 2 is 1.90 bits per heavy atom. The average molecular weight is 474 g/mol. The van der Waals surface area contributed by atoms with Gasteiger partial charge in [0.05, 0.1) is 11.6 Å². The number of nitrogens with one attached hydrogen (secondary N) is 1. The highest BCUT2D eigenvalue weighted by molar-refractivity contribution is 7.22. The monoisotopic (exact) mass is 473 g/mol. The second kappa shape index (κ2) is 8.78. The topological polar surface area (TPSA) is 55.4 Å². The van der Waals surface area contributed by atoms with E-state index in [1.807, 2.05) is 25.1 Å². The molecule has 4 rings (SSSR count). The van der Waals surface area contributed by atoms with Crippen LogP contribution in [-0.4, -0.2) is 18.5 Å². The van der Waals surface area contributed by atoms with E-state index in [4.69, 9.17) is 16.3 Å². The van der Waals surface area contributed by atoms with Crippen LogP contribution in [0.2, 0.25) is 5.02 Å². The van der Waals surface area contributed by atoms with Crippen LogP contribution in [0.25, 0.3) is 21.2 Å². The van der Waals surface area contributed by atoms with Crippen molar-refractivity contribution in [2.24, 2.45) is 0 Å². The van der Waals surface area contributed by atoms with Gasteiger partial charge >= 0.3 is 5.97 Å². The van der Waals surface area contributed by atoms with Crippen molar-refractivity contribution in [2.75, 3.05) is 11.9 Å². The number of esters is 1. The summed E-state index contributed by atoms with van der Waals surface area (Å²) in [7, 11) is 0. The van der Waals surface area contributed by atoms with Gasteiger partial charge in [0.2, 0.25) is 0 Å². The highest BCUT2D eigenvalue weighted by Gasteiger charge is 2.25. The number of thiophene rings is 2. The third-order valence-corrected chi connectivity index (χ3v) is 7.20. The zero-order chi connectivity index (χ0) is 22.1. The number of hydrogen-bond donors (Lipinski definition) is 1. The number of rotatable bonds is 5. The molecule has 0 bridgehead atoms. The first-order valence-corrected chi connectivity index (χ1v) is 11.5. The summed E-state index contributed by atoms with van der Waals surface area (Å²) in [5, 5.41) is 6.10. The SMILES string of the molecule is CCOC(=O)c1c(-c2ccc(F)cc2)csc1NC(=O)c1sc2cc(C)ccc2c1Cl. The molecule has 0 unspecified atom stereocenters. The first kappa shape index (κ1) is 21.5. The Labute approximate surface area is 191 Å².